The van der Waals surface area contributed by atoms with E-state index in [1.807, 2.05) is 48.3 Å². The minimum atomic E-state index is -0.761. The minimum absolute atomic E-state index is 0.509. The third kappa shape index (κ3) is 4.40. The van der Waals surface area contributed by atoms with Crippen LogP contribution in [-0.2, 0) is 6.54 Å². The normalized spacial score (nSPS) is 20.4. The molecule has 1 atom stereocenters. The summed E-state index contributed by atoms with van der Waals surface area (Å²) >= 11 is 3.40. The predicted molar refractivity (Wildman–Crippen MR) is 103 cm³/mol. The third-order valence-corrected chi connectivity index (χ3v) is 5.18. The topological polar surface area (TPSA) is 50.5 Å². The fraction of sp³-hybridized carbons (Fsp3) is 0.350. The molecule has 0 aliphatic carbocycles. The van der Waals surface area contributed by atoms with Crippen LogP contribution in [0.3, 0.4) is 0 Å². The highest BCUT2D eigenvalue weighted by Gasteiger charge is 2.37. The summed E-state index contributed by atoms with van der Waals surface area (Å²) in [6.45, 7) is 2.89. The van der Waals surface area contributed by atoms with Crippen molar-refractivity contribution in [2.75, 3.05) is 31.6 Å². The molecular formula is C20H22BrN3O. The van der Waals surface area contributed by atoms with Gasteiger partial charge in [-0.2, -0.15) is 5.26 Å². The van der Waals surface area contributed by atoms with Crippen molar-refractivity contribution >= 4 is 21.6 Å². The smallest absolute Gasteiger partial charge is 0.101 e. The summed E-state index contributed by atoms with van der Waals surface area (Å²) in [5.41, 5.74) is 1.96. The average molecular weight is 400 g/mol. The summed E-state index contributed by atoms with van der Waals surface area (Å²) in [5.74, 6) is 0. The maximum Gasteiger partial charge on any atom is 0.101 e. The van der Waals surface area contributed by atoms with E-state index < -0.39 is 5.60 Å². The van der Waals surface area contributed by atoms with Gasteiger partial charge in [0.05, 0.1) is 16.9 Å². The van der Waals surface area contributed by atoms with E-state index in [0.29, 0.717) is 18.7 Å². The van der Waals surface area contributed by atoms with Crippen molar-refractivity contribution in [1.82, 2.24) is 4.90 Å². The van der Waals surface area contributed by atoms with Gasteiger partial charge in [-0.3, -0.25) is 4.90 Å². The molecule has 130 valence electrons. The molecule has 1 heterocycles. The lowest BCUT2D eigenvalue weighted by Crippen LogP contribution is -2.44. The van der Waals surface area contributed by atoms with E-state index in [-0.39, 0.29) is 0 Å². The Labute approximate surface area is 157 Å². The molecule has 2 aromatic rings. The van der Waals surface area contributed by atoms with E-state index in [4.69, 9.17) is 0 Å². The first kappa shape index (κ1) is 17.9. The molecule has 2 aromatic carbocycles. The van der Waals surface area contributed by atoms with Crippen LogP contribution in [0.5, 0.6) is 0 Å². The van der Waals surface area contributed by atoms with Gasteiger partial charge < -0.3 is 10.0 Å². The van der Waals surface area contributed by atoms with Crippen molar-refractivity contribution in [3.05, 3.63) is 64.1 Å². The number of likely N-dealkylation sites (tertiary alicyclic amines) is 1. The van der Waals surface area contributed by atoms with E-state index in [1.54, 1.807) is 0 Å². The van der Waals surface area contributed by atoms with E-state index in [0.717, 1.165) is 29.7 Å². The van der Waals surface area contributed by atoms with Crippen LogP contribution in [0, 0.1) is 11.3 Å². The van der Waals surface area contributed by atoms with Crippen molar-refractivity contribution < 1.29 is 5.11 Å². The zero-order valence-corrected chi connectivity index (χ0v) is 15.9. The third-order valence-electron chi connectivity index (χ3n) is 4.68. The molecule has 0 radical (unpaired) electrons. The summed E-state index contributed by atoms with van der Waals surface area (Å²) in [6.07, 6.45) is 0.739. The summed E-state index contributed by atoms with van der Waals surface area (Å²) in [4.78, 5) is 4.27. The zero-order valence-electron chi connectivity index (χ0n) is 14.3. The van der Waals surface area contributed by atoms with Gasteiger partial charge in [0.1, 0.15) is 6.07 Å². The number of hydrogen-bond donors (Lipinski definition) is 1. The number of likely N-dealkylation sites (N-methyl/N-ethyl adjacent to an activating group) is 1. The number of benzene rings is 2. The Hall–Kier alpha value is -1.87. The number of rotatable bonds is 5. The van der Waals surface area contributed by atoms with Gasteiger partial charge in [-0.25, -0.2) is 0 Å². The summed E-state index contributed by atoms with van der Waals surface area (Å²) in [5, 5.41) is 20.4. The minimum Gasteiger partial charge on any atom is -0.387 e. The molecule has 0 spiro atoms. The van der Waals surface area contributed by atoms with Crippen LogP contribution in [0.4, 0.5) is 5.69 Å². The van der Waals surface area contributed by atoms with E-state index in [9.17, 15) is 10.4 Å². The molecular weight excluding hydrogens is 378 g/mol. The summed E-state index contributed by atoms with van der Waals surface area (Å²) < 4.78 is 0.884. The highest BCUT2D eigenvalue weighted by atomic mass is 79.9. The lowest BCUT2D eigenvalue weighted by Gasteiger charge is -2.31. The molecule has 0 amide bonds. The van der Waals surface area contributed by atoms with Gasteiger partial charge in [0.2, 0.25) is 0 Å². The predicted octanol–water partition coefficient (Wildman–Crippen LogP) is 3.39. The fourth-order valence-corrected chi connectivity index (χ4v) is 3.86. The first-order valence-corrected chi connectivity index (χ1v) is 9.18. The second-order valence-corrected chi connectivity index (χ2v) is 7.72. The number of β-amino-alcohol motifs (C(OH)–C–C–N with tert-alkyl or cyclic N) is 1. The molecule has 0 bridgehead atoms. The maximum absolute atomic E-state index is 11.0. The van der Waals surface area contributed by atoms with Gasteiger partial charge in [-0.05, 0) is 30.2 Å². The largest absolute Gasteiger partial charge is 0.387 e. The molecule has 1 aliphatic heterocycles. The Morgan fingerprint density at radius 3 is 2.76 bits per heavy atom. The quantitative estimate of drug-likeness (QED) is 0.836. The molecule has 4 nitrogen and oxygen atoms in total. The van der Waals surface area contributed by atoms with Crippen molar-refractivity contribution in [2.24, 2.45) is 0 Å². The Morgan fingerprint density at radius 1 is 1.28 bits per heavy atom. The Balaban J connectivity index is 1.65. The molecule has 25 heavy (non-hydrogen) atoms. The van der Waals surface area contributed by atoms with Gasteiger partial charge in [0, 0.05) is 37.7 Å². The highest BCUT2D eigenvalue weighted by Crippen LogP contribution is 2.28. The Kier molecular flexibility index (Phi) is 5.43. The van der Waals surface area contributed by atoms with Crippen molar-refractivity contribution in [3.63, 3.8) is 0 Å². The molecule has 3 rings (SSSR count). The standard InChI is InChI=1S/C20H22BrN3O/c1-23(19-8-7-18(21)11-17(19)12-22)14-20(25)9-10-24(15-20)13-16-5-3-2-4-6-16/h2-8,11,25H,9-10,13-15H2,1H3. The van der Waals surface area contributed by atoms with Crippen LogP contribution in [0.1, 0.15) is 17.5 Å². The van der Waals surface area contributed by atoms with Crippen LogP contribution in [0.2, 0.25) is 0 Å². The lowest BCUT2D eigenvalue weighted by atomic mass is 10.0. The molecule has 1 saturated heterocycles. The molecule has 1 unspecified atom stereocenters. The lowest BCUT2D eigenvalue weighted by molar-refractivity contribution is 0.0562. The first-order valence-electron chi connectivity index (χ1n) is 8.38. The second kappa shape index (κ2) is 7.57. The van der Waals surface area contributed by atoms with Gasteiger partial charge in [-0.1, -0.05) is 46.3 Å². The number of nitrogens with zero attached hydrogens (tertiary/aromatic N) is 3. The van der Waals surface area contributed by atoms with Crippen LogP contribution in [0.15, 0.2) is 53.0 Å². The highest BCUT2D eigenvalue weighted by molar-refractivity contribution is 9.10. The van der Waals surface area contributed by atoms with Crippen LogP contribution >= 0.6 is 15.9 Å². The van der Waals surface area contributed by atoms with Crippen LogP contribution in [0.25, 0.3) is 0 Å². The molecule has 0 aromatic heterocycles. The fourth-order valence-electron chi connectivity index (χ4n) is 3.50. The summed E-state index contributed by atoms with van der Waals surface area (Å²) in [6, 6.07) is 18.2. The van der Waals surface area contributed by atoms with E-state index in [2.05, 4.69) is 39.0 Å². The second-order valence-electron chi connectivity index (χ2n) is 6.80. The first-order chi connectivity index (χ1) is 12.0. The number of hydrogen-bond acceptors (Lipinski definition) is 4. The number of nitriles is 1. The van der Waals surface area contributed by atoms with Crippen molar-refractivity contribution in [2.45, 2.75) is 18.6 Å². The van der Waals surface area contributed by atoms with Gasteiger partial charge in [0.25, 0.3) is 0 Å². The molecule has 1 aliphatic rings. The van der Waals surface area contributed by atoms with E-state index in [1.165, 1.54) is 5.56 Å². The van der Waals surface area contributed by atoms with Crippen LogP contribution in [-0.4, -0.2) is 42.3 Å². The number of anilines is 1. The average Bonchev–Trinajstić information content (AvgIpc) is 2.95. The summed E-state index contributed by atoms with van der Waals surface area (Å²) in [7, 11) is 1.93. The molecule has 1 N–H and O–H groups in total. The molecule has 5 heteroatoms. The van der Waals surface area contributed by atoms with Gasteiger partial charge >= 0.3 is 0 Å². The number of halogens is 1. The maximum atomic E-state index is 11.0. The molecule has 1 fully saturated rings. The Morgan fingerprint density at radius 2 is 2.04 bits per heavy atom. The zero-order chi connectivity index (χ0) is 17.9. The Bertz CT molecular complexity index is 774. The van der Waals surface area contributed by atoms with Gasteiger partial charge in [0.15, 0.2) is 0 Å². The van der Waals surface area contributed by atoms with E-state index >= 15 is 0 Å². The van der Waals surface area contributed by atoms with Crippen molar-refractivity contribution in [3.8, 4) is 6.07 Å². The molecule has 0 saturated carbocycles. The van der Waals surface area contributed by atoms with Crippen LogP contribution < -0.4 is 4.90 Å². The monoisotopic (exact) mass is 399 g/mol. The number of aliphatic hydroxyl groups is 1. The van der Waals surface area contributed by atoms with Crippen molar-refractivity contribution in [1.29, 1.82) is 5.26 Å². The SMILES string of the molecule is CN(CC1(O)CCN(Cc2ccccc2)C1)c1ccc(Br)cc1C#N. The van der Waals surface area contributed by atoms with Gasteiger partial charge in [-0.15, -0.1) is 0 Å².